The van der Waals surface area contributed by atoms with Crippen molar-refractivity contribution in [1.82, 2.24) is 19.1 Å². The zero-order chi connectivity index (χ0) is 28.2. The number of nitrogens with zero attached hydrogens (tertiary/aromatic N) is 5. The molecule has 0 bridgehead atoms. The third-order valence-electron chi connectivity index (χ3n) is 8.75. The van der Waals surface area contributed by atoms with Gasteiger partial charge in [0, 0.05) is 63.7 Å². The first-order valence-corrected chi connectivity index (χ1v) is 15.0. The van der Waals surface area contributed by atoms with Crippen LogP contribution in [0, 0.1) is 11.8 Å². The van der Waals surface area contributed by atoms with E-state index in [9.17, 15) is 9.59 Å². The number of benzene rings is 1. The molecule has 3 saturated heterocycles. The first kappa shape index (κ1) is 28.3. The summed E-state index contributed by atoms with van der Waals surface area (Å²) in [5, 5.41) is 16.1. The molecule has 216 valence electrons. The number of urea groups is 1. The SMILES string of the molecule is O=C(O)C(=O)O.O=C1CC2CCCN2C(=O)N1CC1CCCCC1CN1CCN(c2nsc3ccccc23)CC1. The predicted octanol–water partition coefficient (Wildman–Crippen LogP) is 3.20. The van der Waals surface area contributed by atoms with Crippen LogP contribution in [0.5, 0.6) is 0 Å². The number of carbonyl (C=O) groups is 4. The molecule has 2 aromatic rings. The molecule has 3 atom stereocenters. The van der Waals surface area contributed by atoms with Crippen LogP contribution in [0.4, 0.5) is 10.6 Å². The van der Waals surface area contributed by atoms with Gasteiger partial charge in [-0.25, -0.2) is 14.4 Å². The number of aliphatic carboxylic acids is 2. The second-order valence-corrected chi connectivity index (χ2v) is 12.0. The van der Waals surface area contributed by atoms with E-state index in [4.69, 9.17) is 24.2 Å². The van der Waals surface area contributed by atoms with Crippen LogP contribution in [0.2, 0.25) is 0 Å². The molecular formula is C28H37N5O6S. The van der Waals surface area contributed by atoms with E-state index in [0.29, 0.717) is 24.8 Å². The number of hydrogen-bond acceptors (Lipinski definition) is 8. The number of rotatable bonds is 5. The normalized spacial score (nSPS) is 25.5. The molecule has 1 aromatic heterocycles. The van der Waals surface area contributed by atoms with Crippen molar-refractivity contribution in [2.75, 3.05) is 50.7 Å². The highest BCUT2D eigenvalue weighted by atomic mass is 32.1. The lowest BCUT2D eigenvalue weighted by Crippen LogP contribution is -2.56. The third-order valence-corrected chi connectivity index (χ3v) is 9.57. The van der Waals surface area contributed by atoms with Crippen LogP contribution in [0.25, 0.3) is 10.1 Å². The second-order valence-electron chi connectivity index (χ2n) is 11.2. The van der Waals surface area contributed by atoms with E-state index in [-0.39, 0.29) is 18.0 Å². The number of piperazine rings is 1. The number of carboxylic acid groups (broad SMARTS) is 2. The van der Waals surface area contributed by atoms with E-state index >= 15 is 0 Å². The summed E-state index contributed by atoms with van der Waals surface area (Å²) in [7, 11) is 0. The Morgan fingerprint density at radius 2 is 1.55 bits per heavy atom. The molecule has 0 radical (unpaired) electrons. The highest BCUT2D eigenvalue weighted by Gasteiger charge is 2.42. The molecule has 6 rings (SSSR count). The first-order chi connectivity index (χ1) is 19.3. The van der Waals surface area contributed by atoms with Gasteiger partial charge in [-0.3, -0.25) is 14.6 Å². The molecule has 2 N–H and O–H groups in total. The van der Waals surface area contributed by atoms with E-state index in [1.54, 1.807) is 16.4 Å². The minimum absolute atomic E-state index is 0.0211. The van der Waals surface area contributed by atoms with E-state index < -0.39 is 11.9 Å². The van der Waals surface area contributed by atoms with Crippen molar-refractivity contribution in [3.63, 3.8) is 0 Å². The summed E-state index contributed by atoms with van der Waals surface area (Å²) in [4.78, 5) is 52.7. The number of carbonyl (C=O) groups excluding carboxylic acids is 2. The molecule has 1 saturated carbocycles. The Labute approximate surface area is 237 Å². The van der Waals surface area contributed by atoms with Gasteiger partial charge in [-0.1, -0.05) is 25.0 Å². The summed E-state index contributed by atoms with van der Waals surface area (Å²) in [6.45, 7) is 6.63. The highest BCUT2D eigenvalue weighted by Crippen LogP contribution is 2.35. The Morgan fingerprint density at radius 3 is 2.25 bits per heavy atom. The van der Waals surface area contributed by atoms with Crippen LogP contribution in [-0.2, 0) is 14.4 Å². The first-order valence-electron chi connectivity index (χ1n) is 14.2. The monoisotopic (exact) mass is 571 g/mol. The fourth-order valence-corrected chi connectivity index (χ4v) is 7.42. The summed E-state index contributed by atoms with van der Waals surface area (Å²) in [5.74, 6) is -1.46. The van der Waals surface area contributed by atoms with Crippen molar-refractivity contribution in [1.29, 1.82) is 0 Å². The Balaban J connectivity index is 0.000000487. The van der Waals surface area contributed by atoms with Gasteiger partial charge in [0.15, 0.2) is 0 Å². The lowest BCUT2D eigenvalue weighted by Gasteiger charge is -2.42. The maximum Gasteiger partial charge on any atom is 0.414 e. The molecule has 3 amide bonds. The van der Waals surface area contributed by atoms with E-state index in [1.165, 1.54) is 29.3 Å². The largest absolute Gasteiger partial charge is 0.473 e. The highest BCUT2D eigenvalue weighted by molar-refractivity contribution is 7.13. The Hall–Kier alpha value is -3.25. The number of fused-ring (bicyclic) bond motifs is 2. The number of hydrogen-bond donors (Lipinski definition) is 2. The fourth-order valence-electron chi connectivity index (χ4n) is 6.63. The zero-order valence-electron chi connectivity index (χ0n) is 22.6. The summed E-state index contributed by atoms with van der Waals surface area (Å²) < 4.78 is 6.01. The van der Waals surface area contributed by atoms with E-state index in [2.05, 4.69) is 34.1 Å². The summed E-state index contributed by atoms with van der Waals surface area (Å²) in [6, 6.07) is 8.65. The fraction of sp³-hybridized carbons (Fsp3) is 0.607. The van der Waals surface area contributed by atoms with Gasteiger partial charge >= 0.3 is 18.0 Å². The summed E-state index contributed by atoms with van der Waals surface area (Å²) in [5.41, 5.74) is 0. The van der Waals surface area contributed by atoms with Gasteiger partial charge in [-0.05, 0) is 61.2 Å². The average Bonchev–Trinajstić information content (AvgIpc) is 3.60. The molecule has 40 heavy (non-hydrogen) atoms. The van der Waals surface area contributed by atoms with Crippen molar-refractivity contribution >= 4 is 51.3 Å². The molecule has 1 aliphatic carbocycles. The van der Waals surface area contributed by atoms with Crippen LogP contribution in [-0.4, -0.2) is 105 Å². The number of carboxylic acids is 2. The van der Waals surface area contributed by atoms with Crippen molar-refractivity contribution in [2.24, 2.45) is 11.8 Å². The molecule has 1 aromatic carbocycles. The molecule has 4 aliphatic rings. The second kappa shape index (κ2) is 12.5. The lowest BCUT2D eigenvalue weighted by molar-refractivity contribution is -0.159. The number of aromatic nitrogens is 1. The predicted molar refractivity (Wildman–Crippen MR) is 150 cm³/mol. The molecule has 3 unspecified atom stereocenters. The standard InChI is InChI=1S/C26H35N5O2S.C2H2O4/c32-24-16-21-8-5-11-30(21)26(33)31(24)18-20-7-2-1-6-19(20)17-28-12-14-29(15-13-28)25-22-9-3-4-10-23(22)34-27-25;3-1(4)2(5)6/h3-4,9-10,19-21H,1-2,5-8,11-18H2;(H,3,4)(H,5,6). The lowest BCUT2D eigenvalue weighted by atomic mass is 9.78. The van der Waals surface area contributed by atoms with Gasteiger partial charge in [0.25, 0.3) is 0 Å². The van der Waals surface area contributed by atoms with Gasteiger partial charge in [-0.15, -0.1) is 0 Å². The van der Waals surface area contributed by atoms with Gasteiger partial charge < -0.3 is 20.0 Å². The van der Waals surface area contributed by atoms with Gasteiger partial charge in [0.1, 0.15) is 5.82 Å². The minimum Gasteiger partial charge on any atom is -0.473 e. The van der Waals surface area contributed by atoms with Crippen molar-refractivity contribution in [3.05, 3.63) is 24.3 Å². The van der Waals surface area contributed by atoms with Crippen molar-refractivity contribution < 1.29 is 29.4 Å². The number of imide groups is 1. The average molecular weight is 572 g/mol. The van der Waals surface area contributed by atoms with Crippen LogP contribution in [0.1, 0.15) is 44.9 Å². The van der Waals surface area contributed by atoms with Gasteiger partial charge in [0.05, 0.1) is 4.70 Å². The summed E-state index contributed by atoms with van der Waals surface area (Å²) in [6.07, 6.45) is 7.37. The Morgan fingerprint density at radius 1 is 0.875 bits per heavy atom. The Kier molecular flexibility index (Phi) is 8.84. The molecule has 4 fully saturated rings. The van der Waals surface area contributed by atoms with Crippen molar-refractivity contribution in [2.45, 2.75) is 51.0 Å². The maximum atomic E-state index is 13.0. The molecule has 4 heterocycles. The van der Waals surface area contributed by atoms with Crippen LogP contribution in [0.3, 0.4) is 0 Å². The maximum absolute atomic E-state index is 13.0. The Bertz CT molecular complexity index is 1230. The van der Waals surface area contributed by atoms with Gasteiger partial charge in [-0.2, -0.15) is 4.37 Å². The zero-order valence-corrected chi connectivity index (χ0v) is 23.4. The van der Waals surface area contributed by atoms with Crippen LogP contribution < -0.4 is 4.90 Å². The summed E-state index contributed by atoms with van der Waals surface area (Å²) >= 11 is 1.59. The number of anilines is 1. The van der Waals surface area contributed by atoms with E-state index in [0.717, 1.165) is 64.3 Å². The quantitative estimate of drug-likeness (QED) is 0.519. The third kappa shape index (κ3) is 6.22. The molecule has 0 spiro atoms. The minimum atomic E-state index is -1.82. The molecule has 3 aliphatic heterocycles. The van der Waals surface area contributed by atoms with E-state index in [1.807, 2.05) is 4.90 Å². The van der Waals surface area contributed by atoms with Crippen LogP contribution in [0.15, 0.2) is 24.3 Å². The van der Waals surface area contributed by atoms with Crippen LogP contribution >= 0.6 is 11.5 Å². The molecule has 11 nitrogen and oxygen atoms in total. The van der Waals surface area contributed by atoms with Crippen molar-refractivity contribution in [3.8, 4) is 0 Å². The molecule has 12 heteroatoms. The number of amides is 3. The smallest absolute Gasteiger partial charge is 0.414 e. The van der Waals surface area contributed by atoms with Gasteiger partial charge in [0.2, 0.25) is 5.91 Å². The topological polar surface area (TPSA) is 135 Å². The molecular weight excluding hydrogens is 534 g/mol.